The third-order valence-corrected chi connectivity index (χ3v) is 6.66. The Balaban J connectivity index is 1.31. The molecule has 0 aromatic carbocycles. The number of rotatable bonds is 4. The van der Waals surface area contributed by atoms with Crippen molar-refractivity contribution in [3.8, 4) is 0 Å². The van der Waals surface area contributed by atoms with Crippen LogP contribution in [0.15, 0.2) is 0 Å². The average Bonchev–Trinajstić information content (AvgIpc) is 2.48. The molecule has 0 radical (unpaired) electrons. The zero-order valence-electron chi connectivity index (χ0n) is 13.9. The molecule has 1 saturated heterocycles. The van der Waals surface area contributed by atoms with Crippen molar-refractivity contribution in [2.45, 2.75) is 45.1 Å². The van der Waals surface area contributed by atoms with Crippen molar-refractivity contribution in [2.75, 3.05) is 39.3 Å². The molecule has 4 bridgehead atoms. The zero-order chi connectivity index (χ0) is 15.1. The smallest absolute Gasteiger partial charge is 0.320 e. The number of carbonyl (C=O) groups excluding carboxylic acids is 1. The first-order valence-electron chi connectivity index (χ1n) is 9.35. The molecule has 1 aliphatic heterocycles. The Hall–Kier alpha value is -0.610. The Morgan fingerprint density at radius 2 is 1.55 bits per heavy atom. The van der Waals surface area contributed by atoms with E-state index >= 15 is 0 Å². The molecule has 124 valence electrons. The molecule has 0 N–H and O–H groups in total. The number of piperazine rings is 1. The van der Waals surface area contributed by atoms with Crippen molar-refractivity contribution in [1.82, 2.24) is 9.80 Å². The first kappa shape index (κ1) is 14.9. The van der Waals surface area contributed by atoms with Crippen LogP contribution in [0.25, 0.3) is 0 Å². The van der Waals surface area contributed by atoms with Crippen molar-refractivity contribution in [2.24, 2.45) is 23.7 Å². The van der Waals surface area contributed by atoms with Crippen LogP contribution in [0.1, 0.15) is 39.0 Å². The average molecular weight is 306 g/mol. The van der Waals surface area contributed by atoms with Gasteiger partial charge in [0.2, 0.25) is 0 Å². The third kappa shape index (κ3) is 2.80. The molecule has 22 heavy (non-hydrogen) atoms. The van der Waals surface area contributed by atoms with Gasteiger partial charge in [-0.1, -0.05) is 0 Å². The fourth-order valence-electron chi connectivity index (χ4n) is 6.10. The van der Waals surface area contributed by atoms with Crippen LogP contribution in [0, 0.1) is 23.7 Å². The van der Waals surface area contributed by atoms with E-state index in [1.807, 2.05) is 6.92 Å². The largest absolute Gasteiger partial charge is 0.465 e. The Morgan fingerprint density at radius 3 is 2.09 bits per heavy atom. The number of nitrogens with zero attached hydrogens (tertiary/aromatic N) is 2. The van der Waals surface area contributed by atoms with Crippen LogP contribution in [0.4, 0.5) is 0 Å². The Bertz CT molecular complexity index is 389. The maximum Gasteiger partial charge on any atom is 0.320 e. The summed E-state index contributed by atoms with van der Waals surface area (Å²) in [6, 6.07) is 0.859. The molecule has 0 aromatic heterocycles. The first-order chi connectivity index (χ1) is 10.7. The lowest BCUT2D eigenvalue weighted by molar-refractivity contribution is -0.145. The van der Waals surface area contributed by atoms with E-state index in [9.17, 15) is 4.79 Å². The summed E-state index contributed by atoms with van der Waals surface area (Å²) in [4.78, 5) is 16.7. The lowest BCUT2D eigenvalue weighted by Crippen LogP contribution is -2.60. The summed E-state index contributed by atoms with van der Waals surface area (Å²) in [7, 11) is 0. The van der Waals surface area contributed by atoms with Crippen LogP contribution in [-0.4, -0.2) is 61.1 Å². The maximum absolute atomic E-state index is 11.6. The van der Waals surface area contributed by atoms with E-state index in [0.29, 0.717) is 13.2 Å². The summed E-state index contributed by atoms with van der Waals surface area (Å²) >= 11 is 0. The molecule has 4 saturated carbocycles. The van der Waals surface area contributed by atoms with Gasteiger partial charge in [0.25, 0.3) is 0 Å². The molecule has 4 heteroatoms. The van der Waals surface area contributed by atoms with Gasteiger partial charge in [-0.05, 0) is 62.7 Å². The van der Waals surface area contributed by atoms with Gasteiger partial charge in [0.05, 0.1) is 13.2 Å². The van der Waals surface area contributed by atoms with Gasteiger partial charge in [-0.25, -0.2) is 0 Å². The van der Waals surface area contributed by atoms with Gasteiger partial charge in [-0.3, -0.25) is 14.6 Å². The van der Waals surface area contributed by atoms with E-state index in [1.54, 1.807) is 0 Å². The van der Waals surface area contributed by atoms with E-state index in [0.717, 1.165) is 55.9 Å². The molecule has 5 rings (SSSR count). The quantitative estimate of drug-likeness (QED) is 0.744. The number of ether oxygens (including phenoxy) is 1. The summed E-state index contributed by atoms with van der Waals surface area (Å²) in [6.07, 6.45) is 7.54. The van der Waals surface area contributed by atoms with Crippen molar-refractivity contribution in [3.05, 3.63) is 0 Å². The molecule has 4 aliphatic carbocycles. The normalized spacial score (nSPS) is 41.8. The molecular formula is C18H30N2O2. The molecule has 0 atom stereocenters. The van der Waals surface area contributed by atoms with Gasteiger partial charge >= 0.3 is 5.97 Å². The van der Waals surface area contributed by atoms with Crippen molar-refractivity contribution in [3.63, 3.8) is 0 Å². The van der Waals surface area contributed by atoms with Gasteiger partial charge < -0.3 is 4.74 Å². The molecule has 5 aliphatic rings. The van der Waals surface area contributed by atoms with E-state index in [2.05, 4.69) is 9.80 Å². The van der Waals surface area contributed by atoms with Crippen LogP contribution < -0.4 is 0 Å². The molecule has 0 spiro atoms. The van der Waals surface area contributed by atoms with E-state index in [-0.39, 0.29) is 5.97 Å². The first-order valence-corrected chi connectivity index (χ1v) is 9.35. The molecule has 5 fully saturated rings. The maximum atomic E-state index is 11.6. The summed E-state index contributed by atoms with van der Waals surface area (Å²) in [6.45, 7) is 7.19. The van der Waals surface area contributed by atoms with Gasteiger partial charge in [-0.2, -0.15) is 0 Å². The Kier molecular flexibility index (Phi) is 4.16. The highest BCUT2D eigenvalue weighted by Gasteiger charge is 2.50. The summed E-state index contributed by atoms with van der Waals surface area (Å²) in [5.41, 5.74) is 0. The topological polar surface area (TPSA) is 32.8 Å². The number of esters is 1. The lowest BCUT2D eigenvalue weighted by atomic mass is 9.54. The predicted octanol–water partition coefficient (Wildman–Crippen LogP) is 1.99. The van der Waals surface area contributed by atoms with Crippen LogP contribution in [0.3, 0.4) is 0 Å². The Labute approximate surface area is 134 Å². The summed E-state index contributed by atoms with van der Waals surface area (Å²) < 4.78 is 5.07. The monoisotopic (exact) mass is 306 g/mol. The van der Waals surface area contributed by atoms with Gasteiger partial charge in [0.1, 0.15) is 0 Å². The summed E-state index contributed by atoms with van der Waals surface area (Å²) in [5.74, 6) is 4.01. The Morgan fingerprint density at radius 1 is 0.955 bits per heavy atom. The minimum atomic E-state index is -0.0643. The minimum Gasteiger partial charge on any atom is -0.465 e. The number of hydrogen-bond donors (Lipinski definition) is 0. The van der Waals surface area contributed by atoms with E-state index in [1.165, 1.54) is 32.1 Å². The van der Waals surface area contributed by atoms with Crippen molar-refractivity contribution >= 4 is 5.97 Å². The third-order valence-electron chi connectivity index (χ3n) is 6.66. The molecular weight excluding hydrogens is 276 g/mol. The van der Waals surface area contributed by atoms with Gasteiger partial charge in [0.15, 0.2) is 0 Å². The zero-order valence-corrected chi connectivity index (χ0v) is 13.9. The highest BCUT2D eigenvalue weighted by atomic mass is 16.5. The lowest BCUT2D eigenvalue weighted by Gasteiger charge is -2.58. The van der Waals surface area contributed by atoms with Crippen molar-refractivity contribution in [1.29, 1.82) is 0 Å². The highest BCUT2D eigenvalue weighted by molar-refractivity contribution is 5.71. The molecule has 0 amide bonds. The van der Waals surface area contributed by atoms with Crippen LogP contribution in [0.5, 0.6) is 0 Å². The highest BCUT2D eigenvalue weighted by Crippen LogP contribution is 2.55. The number of carbonyl (C=O) groups is 1. The minimum absolute atomic E-state index is 0.0643. The predicted molar refractivity (Wildman–Crippen MR) is 85.5 cm³/mol. The second-order valence-corrected chi connectivity index (χ2v) is 8.04. The fraction of sp³-hybridized carbons (Fsp3) is 0.944. The molecule has 1 heterocycles. The fourth-order valence-corrected chi connectivity index (χ4v) is 6.10. The van der Waals surface area contributed by atoms with Crippen LogP contribution >= 0.6 is 0 Å². The van der Waals surface area contributed by atoms with Gasteiger partial charge in [0, 0.05) is 32.2 Å². The van der Waals surface area contributed by atoms with E-state index in [4.69, 9.17) is 4.74 Å². The van der Waals surface area contributed by atoms with Crippen LogP contribution in [-0.2, 0) is 9.53 Å². The molecule has 0 unspecified atom stereocenters. The summed E-state index contributed by atoms with van der Waals surface area (Å²) in [5, 5.41) is 0. The van der Waals surface area contributed by atoms with Crippen LogP contribution in [0.2, 0.25) is 0 Å². The number of hydrogen-bond acceptors (Lipinski definition) is 4. The van der Waals surface area contributed by atoms with E-state index < -0.39 is 0 Å². The van der Waals surface area contributed by atoms with Crippen molar-refractivity contribution < 1.29 is 9.53 Å². The standard InChI is InChI=1S/C18H30N2O2/c1-2-22-17(21)12-19-3-5-20(6-4-19)18-15-8-13-7-14(10-15)11-16(18)9-13/h13-16,18H,2-12H2,1H3. The second kappa shape index (κ2) is 6.12. The molecule has 4 nitrogen and oxygen atoms in total. The SMILES string of the molecule is CCOC(=O)CN1CCN(C2C3CC4CC(C3)CC2C4)CC1. The second-order valence-electron chi connectivity index (χ2n) is 8.04. The molecule has 0 aromatic rings. The van der Waals surface area contributed by atoms with Gasteiger partial charge in [-0.15, -0.1) is 0 Å².